The van der Waals surface area contributed by atoms with E-state index in [-0.39, 0.29) is 17.8 Å². The molecule has 0 unspecified atom stereocenters. The number of hydrogen-bond donors (Lipinski definition) is 0. The van der Waals surface area contributed by atoms with Crippen LogP contribution in [0.15, 0.2) is 42.2 Å². The van der Waals surface area contributed by atoms with Gasteiger partial charge in [-0.3, -0.25) is 9.48 Å². The number of rotatable bonds is 4. The quantitative estimate of drug-likeness (QED) is 0.625. The molecule has 1 aliphatic heterocycles. The summed E-state index contributed by atoms with van der Waals surface area (Å²) < 4.78 is 6.76. The number of carbonyl (C=O) groups excluding carboxylic acids is 2. The maximum absolute atomic E-state index is 12.4. The molecule has 0 radical (unpaired) electrons. The van der Waals surface area contributed by atoms with Gasteiger partial charge in [-0.15, -0.1) is 0 Å². The number of likely N-dealkylation sites (N-methyl/N-ethyl adjacent to an activating group) is 1. The molecule has 6 nitrogen and oxygen atoms in total. The fraction of sp³-hybridized carbons (Fsp3) is 0.350. The Morgan fingerprint density at radius 3 is 2.54 bits per heavy atom. The number of allylic oxidation sites excluding steroid dienone is 1. The van der Waals surface area contributed by atoms with Gasteiger partial charge in [0, 0.05) is 42.7 Å². The molecule has 0 atom stereocenters. The second-order valence-corrected chi connectivity index (χ2v) is 7.04. The van der Waals surface area contributed by atoms with Crippen LogP contribution in [-0.2, 0) is 22.0 Å². The standard InChI is InChI=1S/C20H23N3O3/c1-13-15(11-21-23(13)5)19(25)26-12-14(24)10-18-20(2,3)16-8-6-7-9-17(16)22(18)4/h6-11H,12H2,1-5H3. The van der Waals surface area contributed by atoms with Crippen molar-refractivity contribution < 1.29 is 14.3 Å². The molecule has 0 saturated carbocycles. The molecular weight excluding hydrogens is 330 g/mol. The second-order valence-electron chi connectivity index (χ2n) is 7.04. The number of aromatic nitrogens is 2. The summed E-state index contributed by atoms with van der Waals surface area (Å²) in [6.45, 7) is 5.65. The molecule has 1 aliphatic rings. The molecule has 0 bridgehead atoms. The molecular formula is C20H23N3O3. The number of benzene rings is 1. The zero-order valence-electron chi connectivity index (χ0n) is 15.7. The van der Waals surface area contributed by atoms with Gasteiger partial charge in [-0.05, 0) is 18.6 Å². The first-order chi connectivity index (χ1) is 12.2. The largest absolute Gasteiger partial charge is 0.454 e. The van der Waals surface area contributed by atoms with E-state index >= 15 is 0 Å². The van der Waals surface area contributed by atoms with E-state index < -0.39 is 5.97 Å². The van der Waals surface area contributed by atoms with Gasteiger partial charge in [0.15, 0.2) is 12.4 Å². The predicted octanol–water partition coefficient (Wildman–Crippen LogP) is 2.77. The Morgan fingerprint density at radius 1 is 1.23 bits per heavy atom. The van der Waals surface area contributed by atoms with Crippen LogP contribution in [0.25, 0.3) is 0 Å². The first-order valence-electron chi connectivity index (χ1n) is 8.47. The number of ketones is 1. The number of nitrogens with zero attached hydrogens (tertiary/aromatic N) is 3. The number of esters is 1. The van der Waals surface area contributed by atoms with Crippen LogP contribution >= 0.6 is 0 Å². The number of fused-ring (bicyclic) bond motifs is 1. The third-order valence-electron chi connectivity index (χ3n) is 5.04. The van der Waals surface area contributed by atoms with Crippen molar-refractivity contribution in [3.8, 4) is 0 Å². The highest BCUT2D eigenvalue weighted by Gasteiger charge is 2.38. The summed E-state index contributed by atoms with van der Waals surface area (Å²) in [6.07, 6.45) is 3.02. The van der Waals surface area contributed by atoms with Crippen LogP contribution < -0.4 is 4.90 Å². The Hall–Kier alpha value is -2.89. The van der Waals surface area contributed by atoms with Crippen molar-refractivity contribution in [1.29, 1.82) is 0 Å². The summed E-state index contributed by atoms with van der Waals surface area (Å²) in [6, 6.07) is 8.08. The third-order valence-corrected chi connectivity index (χ3v) is 5.04. The maximum atomic E-state index is 12.4. The lowest BCUT2D eigenvalue weighted by molar-refractivity contribution is -0.117. The van der Waals surface area contributed by atoms with Crippen LogP contribution in [0.1, 0.15) is 35.5 Å². The van der Waals surface area contributed by atoms with Gasteiger partial charge >= 0.3 is 5.97 Å². The normalized spacial score (nSPS) is 16.7. The topological polar surface area (TPSA) is 64.4 Å². The van der Waals surface area contributed by atoms with E-state index in [1.165, 1.54) is 11.8 Å². The third kappa shape index (κ3) is 2.92. The van der Waals surface area contributed by atoms with E-state index in [0.29, 0.717) is 11.3 Å². The molecule has 0 aliphatic carbocycles. The van der Waals surface area contributed by atoms with Crippen molar-refractivity contribution in [2.45, 2.75) is 26.2 Å². The molecule has 2 heterocycles. The number of ether oxygens (including phenoxy) is 1. The van der Waals surface area contributed by atoms with Crippen molar-refractivity contribution in [2.75, 3.05) is 18.6 Å². The van der Waals surface area contributed by atoms with Gasteiger partial charge in [-0.25, -0.2) is 4.79 Å². The number of aryl methyl sites for hydroxylation is 1. The molecule has 0 spiro atoms. The number of anilines is 1. The Kier molecular flexibility index (Phi) is 4.44. The van der Waals surface area contributed by atoms with Crippen LogP contribution in [0, 0.1) is 6.92 Å². The number of hydrogen-bond acceptors (Lipinski definition) is 5. The van der Waals surface area contributed by atoms with Gasteiger partial charge < -0.3 is 9.64 Å². The molecule has 136 valence electrons. The summed E-state index contributed by atoms with van der Waals surface area (Å²) in [5.41, 5.74) is 3.93. The summed E-state index contributed by atoms with van der Waals surface area (Å²) >= 11 is 0. The molecule has 1 aromatic heterocycles. The summed E-state index contributed by atoms with van der Waals surface area (Å²) in [7, 11) is 3.69. The summed E-state index contributed by atoms with van der Waals surface area (Å²) in [5.74, 6) is -0.785. The predicted molar refractivity (Wildman–Crippen MR) is 99.2 cm³/mol. The fourth-order valence-electron chi connectivity index (χ4n) is 3.37. The lowest BCUT2D eigenvalue weighted by Crippen LogP contribution is -2.25. The SMILES string of the molecule is Cc1c(C(=O)OCC(=O)C=C2N(C)c3ccccc3C2(C)C)cnn1C. The zero-order chi connectivity index (χ0) is 19.1. The molecule has 0 fully saturated rings. The van der Waals surface area contributed by atoms with Crippen LogP contribution in [0.2, 0.25) is 0 Å². The van der Waals surface area contributed by atoms with E-state index in [1.807, 2.05) is 30.1 Å². The Bertz CT molecular complexity index is 909. The van der Waals surface area contributed by atoms with Crippen molar-refractivity contribution >= 4 is 17.4 Å². The van der Waals surface area contributed by atoms with Crippen molar-refractivity contribution in [1.82, 2.24) is 9.78 Å². The minimum Gasteiger partial charge on any atom is -0.454 e. The smallest absolute Gasteiger partial charge is 0.342 e. The maximum Gasteiger partial charge on any atom is 0.342 e. The Morgan fingerprint density at radius 2 is 1.92 bits per heavy atom. The van der Waals surface area contributed by atoms with Gasteiger partial charge in [-0.1, -0.05) is 32.0 Å². The number of carbonyl (C=O) groups is 2. The van der Waals surface area contributed by atoms with Gasteiger partial charge in [0.2, 0.25) is 0 Å². The molecule has 2 aromatic rings. The van der Waals surface area contributed by atoms with Crippen molar-refractivity contribution in [2.24, 2.45) is 7.05 Å². The first-order valence-corrected chi connectivity index (χ1v) is 8.47. The van der Waals surface area contributed by atoms with Gasteiger partial charge in [0.05, 0.1) is 6.20 Å². The van der Waals surface area contributed by atoms with Crippen LogP contribution in [-0.4, -0.2) is 35.2 Å². The van der Waals surface area contributed by atoms with Crippen LogP contribution in [0.5, 0.6) is 0 Å². The number of para-hydroxylation sites is 1. The van der Waals surface area contributed by atoms with Crippen LogP contribution in [0.3, 0.4) is 0 Å². The first kappa shape index (κ1) is 17.9. The van der Waals surface area contributed by atoms with E-state index in [4.69, 9.17) is 4.74 Å². The van der Waals surface area contributed by atoms with Gasteiger partial charge in [0.1, 0.15) is 5.56 Å². The molecule has 6 heteroatoms. The summed E-state index contributed by atoms with van der Waals surface area (Å²) in [4.78, 5) is 26.6. The fourth-order valence-corrected chi connectivity index (χ4v) is 3.37. The molecule has 0 N–H and O–H groups in total. The van der Waals surface area contributed by atoms with Crippen LogP contribution in [0.4, 0.5) is 5.69 Å². The minimum absolute atomic E-state index is 0.248. The summed E-state index contributed by atoms with van der Waals surface area (Å²) in [5, 5.41) is 4.01. The van der Waals surface area contributed by atoms with E-state index in [1.54, 1.807) is 24.7 Å². The Balaban J connectivity index is 1.73. The van der Waals surface area contributed by atoms with Crippen molar-refractivity contribution in [3.63, 3.8) is 0 Å². The Labute approximate surface area is 153 Å². The highest BCUT2D eigenvalue weighted by molar-refractivity contribution is 5.96. The van der Waals surface area contributed by atoms with Gasteiger partial charge in [0.25, 0.3) is 0 Å². The lowest BCUT2D eigenvalue weighted by atomic mass is 9.83. The van der Waals surface area contributed by atoms with Gasteiger partial charge in [-0.2, -0.15) is 5.10 Å². The lowest BCUT2D eigenvalue weighted by Gasteiger charge is -2.23. The molecule has 3 rings (SSSR count). The van der Waals surface area contributed by atoms with E-state index in [2.05, 4.69) is 25.0 Å². The molecule has 0 amide bonds. The highest BCUT2D eigenvalue weighted by Crippen LogP contribution is 2.46. The van der Waals surface area contributed by atoms with E-state index in [0.717, 1.165) is 11.4 Å². The minimum atomic E-state index is -0.537. The monoisotopic (exact) mass is 353 g/mol. The average Bonchev–Trinajstić information content (AvgIpc) is 3.04. The highest BCUT2D eigenvalue weighted by atomic mass is 16.5. The van der Waals surface area contributed by atoms with E-state index in [9.17, 15) is 9.59 Å². The van der Waals surface area contributed by atoms with Crippen molar-refractivity contribution in [3.05, 3.63) is 59.1 Å². The molecule has 0 saturated heterocycles. The second kappa shape index (κ2) is 6.44. The average molecular weight is 353 g/mol. The molecule has 1 aromatic carbocycles. The zero-order valence-corrected chi connectivity index (χ0v) is 15.7. The molecule has 26 heavy (non-hydrogen) atoms.